The molecule has 1 aliphatic carbocycles. The minimum Gasteiger partial charge on any atom is -0.449 e. The summed E-state index contributed by atoms with van der Waals surface area (Å²) >= 11 is 0. The van der Waals surface area contributed by atoms with Gasteiger partial charge in [0.25, 0.3) is 0 Å². The smallest absolute Gasteiger partial charge is 0.404 e. The quantitative estimate of drug-likeness (QED) is 0.418. The number of Topliss-reactive ketones (excluding diaryl/α,β-unsaturated/α-hetero) is 2. The molecule has 2 fully saturated rings. The number of methoxy groups -OCH3 is 1. The largest absolute Gasteiger partial charge is 0.449 e. The van der Waals surface area contributed by atoms with Crippen LogP contribution in [0.15, 0.2) is 22.5 Å². The molecule has 134 valence electrons. The van der Waals surface area contributed by atoms with E-state index >= 15 is 0 Å². The summed E-state index contributed by atoms with van der Waals surface area (Å²) in [5, 5.41) is 6.13. The highest BCUT2D eigenvalue weighted by atomic mass is 16.6. The number of nitrogens with two attached hydrogens (primary N) is 1. The summed E-state index contributed by atoms with van der Waals surface area (Å²) in [5.41, 5.74) is 5.52. The molecule has 4 N–H and O–H groups in total. The monoisotopic (exact) mass is 348 g/mol. The fourth-order valence-electron chi connectivity index (χ4n) is 4.59. The average Bonchev–Trinajstić information content (AvgIpc) is 3.18. The number of piperazine rings is 1. The van der Waals surface area contributed by atoms with Crippen LogP contribution >= 0.6 is 0 Å². The third-order valence-electron chi connectivity index (χ3n) is 5.68. The SMILES string of the molecule is CNC1=C(C)C(=O)C2=C(C1=O)[C@@H](COC(N)=O)[C@@]1(OC)[C@H]3N[C@H]3CN21. The lowest BCUT2D eigenvalue weighted by Gasteiger charge is -2.39. The zero-order valence-corrected chi connectivity index (χ0v) is 14.2. The summed E-state index contributed by atoms with van der Waals surface area (Å²) in [5.74, 6) is -1.07. The molecular weight excluding hydrogens is 328 g/mol. The van der Waals surface area contributed by atoms with E-state index in [9.17, 15) is 14.4 Å². The first kappa shape index (κ1) is 16.1. The minimum absolute atomic E-state index is 0.0384. The van der Waals surface area contributed by atoms with Crippen LogP contribution in [0.25, 0.3) is 0 Å². The van der Waals surface area contributed by atoms with Crippen LogP contribution in [0.4, 0.5) is 4.79 Å². The van der Waals surface area contributed by atoms with Crippen LogP contribution in [-0.2, 0) is 19.1 Å². The lowest BCUT2D eigenvalue weighted by molar-refractivity contribution is -0.137. The molecule has 9 heteroatoms. The third kappa shape index (κ3) is 1.82. The van der Waals surface area contributed by atoms with Crippen molar-refractivity contribution in [2.45, 2.75) is 24.7 Å². The number of hydrogen-bond donors (Lipinski definition) is 3. The number of nitrogens with zero attached hydrogens (tertiary/aromatic N) is 1. The maximum absolute atomic E-state index is 13.1. The number of ether oxygens (including phenoxy) is 2. The Kier molecular flexibility index (Phi) is 3.26. The Hall–Kier alpha value is -2.39. The molecule has 2 saturated heterocycles. The van der Waals surface area contributed by atoms with E-state index in [2.05, 4.69) is 10.6 Å². The minimum atomic E-state index is -0.931. The van der Waals surface area contributed by atoms with E-state index in [4.69, 9.17) is 15.2 Å². The van der Waals surface area contributed by atoms with Gasteiger partial charge in [-0.2, -0.15) is 0 Å². The zero-order chi connectivity index (χ0) is 18.1. The fraction of sp³-hybridized carbons (Fsp3) is 0.562. The van der Waals surface area contributed by atoms with Crippen molar-refractivity contribution in [3.8, 4) is 0 Å². The average molecular weight is 348 g/mol. The number of rotatable bonds is 4. The first-order chi connectivity index (χ1) is 11.9. The Labute approximate surface area is 144 Å². The van der Waals surface area contributed by atoms with Crippen molar-refractivity contribution in [3.63, 3.8) is 0 Å². The second-order valence-electron chi connectivity index (χ2n) is 6.67. The van der Waals surface area contributed by atoms with E-state index in [-0.39, 0.29) is 36.0 Å². The van der Waals surface area contributed by atoms with Crippen molar-refractivity contribution in [3.05, 3.63) is 22.5 Å². The normalized spacial score (nSPS) is 35.6. The standard InChI is InChI=1S/C16H20N4O5/c1-6-10(18-2)13(22)9-7(5-25-15(17)23)16(24-3)14-8(19-14)4-20(16)11(9)12(6)21/h7-8,14,18-19H,4-5H2,1-3H3,(H2,17,23)/t7-,8+,14+,16-/m1/s1. The van der Waals surface area contributed by atoms with Crippen molar-refractivity contribution in [2.75, 3.05) is 27.3 Å². The lowest BCUT2D eigenvalue weighted by Crippen LogP contribution is -2.55. The Bertz CT molecular complexity index is 772. The number of hydrogen-bond acceptors (Lipinski definition) is 8. The van der Waals surface area contributed by atoms with Crippen LogP contribution in [-0.4, -0.2) is 67.7 Å². The Balaban J connectivity index is 1.84. The molecule has 4 aliphatic rings. The van der Waals surface area contributed by atoms with Gasteiger partial charge >= 0.3 is 6.09 Å². The van der Waals surface area contributed by atoms with Gasteiger partial charge in [0.15, 0.2) is 5.72 Å². The molecule has 3 aliphatic heterocycles. The highest BCUT2D eigenvalue weighted by Gasteiger charge is 2.72. The van der Waals surface area contributed by atoms with Crippen LogP contribution in [0.5, 0.6) is 0 Å². The van der Waals surface area contributed by atoms with Gasteiger partial charge in [0.1, 0.15) is 6.61 Å². The molecule has 0 spiro atoms. The molecule has 3 heterocycles. The van der Waals surface area contributed by atoms with E-state index in [1.807, 2.05) is 4.90 Å². The van der Waals surface area contributed by atoms with Crippen molar-refractivity contribution in [2.24, 2.45) is 11.7 Å². The maximum atomic E-state index is 13.1. The van der Waals surface area contributed by atoms with Gasteiger partial charge in [-0.15, -0.1) is 0 Å². The summed E-state index contributed by atoms with van der Waals surface area (Å²) in [6.45, 7) is 2.07. The lowest BCUT2D eigenvalue weighted by atomic mass is 9.82. The molecule has 25 heavy (non-hydrogen) atoms. The van der Waals surface area contributed by atoms with Crippen molar-refractivity contribution in [1.82, 2.24) is 15.5 Å². The predicted octanol–water partition coefficient (Wildman–Crippen LogP) is -1.39. The Morgan fingerprint density at radius 3 is 2.76 bits per heavy atom. The topological polar surface area (TPSA) is 133 Å². The molecule has 0 unspecified atom stereocenters. The predicted molar refractivity (Wildman–Crippen MR) is 85.0 cm³/mol. The van der Waals surface area contributed by atoms with Crippen LogP contribution in [0.1, 0.15) is 6.92 Å². The highest BCUT2D eigenvalue weighted by Crippen LogP contribution is 2.55. The number of carbonyl (C=O) groups is 3. The van der Waals surface area contributed by atoms with E-state index in [1.165, 1.54) is 0 Å². The van der Waals surface area contributed by atoms with Crippen LogP contribution in [0, 0.1) is 5.92 Å². The number of ketones is 2. The second-order valence-corrected chi connectivity index (χ2v) is 6.67. The highest BCUT2D eigenvalue weighted by molar-refractivity contribution is 6.25. The molecular formula is C16H20N4O5. The van der Waals surface area contributed by atoms with Crippen LogP contribution in [0.3, 0.4) is 0 Å². The molecule has 1 amide bonds. The number of fused-ring (bicyclic) bond motifs is 4. The molecule has 0 aromatic heterocycles. The van der Waals surface area contributed by atoms with Gasteiger partial charge < -0.3 is 30.7 Å². The number of primary amides is 1. The van der Waals surface area contributed by atoms with Gasteiger partial charge in [0.05, 0.1) is 23.4 Å². The molecule has 0 radical (unpaired) electrons. The van der Waals surface area contributed by atoms with Crippen molar-refractivity contribution < 1.29 is 23.9 Å². The molecule has 9 nitrogen and oxygen atoms in total. The van der Waals surface area contributed by atoms with Gasteiger partial charge in [-0.1, -0.05) is 0 Å². The summed E-state index contributed by atoms with van der Waals surface area (Å²) in [4.78, 5) is 39.0. The van der Waals surface area contributed by atoms with Crippen molar-refractivity contribution in [1.29, 1.82) is 0 Å². The van der Waals surface area contributed by atoms with Gasteiger partial charge in [0.2, 0.25) is 11.6 Å². The van der Waals surface area contributed by atoms with Crippen LogP contribution < -0.4 is 16.4 Å². The van der Waals surface area contributed by atoms with E-state index in [1.54, 1.807) is 21.1 Å². The molecule has 0 aromatic carbocycles. The number of amides is 1. The molecule has 0 bridgehead atoms. The Morgan fingerprint density at radius 2 is 2.16 bits per heavy atom. The van der Waals surface area contributed by atoms with Gasteiger partial charge in [-0.3, -0.25) is 9.59 Å². The summed E-state index contributed by atoms with van der Waals surface area (Å²) in [6.07, 6.45) is -0.930. The third-order valence-corrected chi connectivity index (χ3v) is 5.68. The van der Waals surface area contributed by atoms with E-state index < -0.39 is 17.7 Å². The fourth-order valence-corrected chi connectivity index (χ4v) is 4.59. The van der Waals surface area contributed by atoms with Crippen molar-refractivity contribution >= 4 is 17.7 Å². The first-order valence-electron chi connectivity index (χ1n) is 8.11. The maximum Gasteiger partial charge on any atom is 0.404 e. The van der Waals surface area contributed by atoms with E-state index in [0.29, 0.717) is 23.4 Å². The van der Waals surface area contributed by atoms with Gasteiger partial charge in [0, 0.05) is 37.9 Å². The first-order valence-corrected chi connectivity index (χ1v) is 8.11. The Morgan fingerprint density at radius 1 is 1.44 bits per heavy atom. The van der Waals surface area contributed by atoms with E-state index in [0.717, 1.165) is 0 Å². The number of carbonyl (C=O) groups excluding carboxylic acids is 3. The molecule has 0 saturated carbocycles. The van der Waals surface area contributed by atoms with Gasteiger partial charge in [-0.05, 0) is 6.92 Å². The summed E-state index contributed by atoms with van der Waals surface area (Å²) in [6, 6.07) is 0.145. The summed E-state index contributed by atoms with van der Waals surface area (Å²) < 4.78 is 10.9. The number of allylic oxidation sites excluding steroid dienone is 2. The number of nitrogens with one attached hydrogen (secondary N) is 2. The molecule has 4 atom stereocenters. The molecule has 0 aromatic rings. The van der Waals surface area contributed by atoms with Crippen LogP contribution in [0.2, 0.25) is 0 Å². The zero-order valence-electron chi connectivity index (χ0n) is 14.2. The number of likely N-dealkylation sites (N-methyl/N-ethyl adjacent to an activating group) is 1. The second kappa shape index (κ2) is 5.06. The molecule has 4 rings (SSSR count). The van der Waals surface area contributed by atoms with Gasteiger partial charge in [-0.25, -0.2) is 4.79 Å². The summed E-state index contributed by atoms with van der Waals surface area (Å²) in [7, 11) is 3.14.